The highest BCUT2D eigenvalue weighted by molar-refractivity contribution is 7.11. The van der Waals surface area contributed by atoms with E-state index in [1.165, 1.54) is 18.2 Å². The second-order valence-corrected chi connectivity index (χ2v) is 5.89. The quantitative estimate of drug-likeness (QED) is 0.789. The lowest BCUT2D eigenvalue weighted by Gasteiger charge is -2.01. The minimum absolute atomic E-state index is 0.255. The smallest absolute Gasteiger partial charge is 0.258 e. The topological polar surface area (TPSA) is 58.6 Å². The largest absolute Gasteiger partial charge is 0.310 e. The summed E-state index contributed by atoms with van der Waals surface area (Å²) in [6, 6.07) is 3.97. The molecule has 0 spiro atoms. The van der Waals surface area contributed by atoms with Gasteiger partial charge in [-0.2, -0.15) is 0 Å². The van der Waals surface area contributed by atoms with Gasteiger partial charge in [-0.15, -0.1) is 11.3 Å². The molecule has 0 amide bonds. The predicted octanol–water partition coefficient (Wildman–Crippen LogP) is 2.73. The average Bonchev–Trinajstić information content (AvgIpc) is 2.67. The summed E-state index contributed by atoms with van der Waals surface area (Å²) >= 11 is 1.58. The molecule has 3 aromatic rings. The summed E-state index contributed by atoms with van der Waals surface area (Å²) in [4.78, 5) is 24.5. The van der Waals surface area contributed by atoms with Crippen molar-refractivity contribution in [2.24, 2.45) is 0 Å². The molecule has 1 aromatic carbocycles. The first-order valence-corrected chi connectivity index (χ1v) is 6.96. The van der Waals surface area contributed by atoms with Crippen LogP contribution in [0, 0.1) is 19.7 Å². The highest BCUT2D eigenvalue weighted by atomic mass is 32.1. The number of benzene rings is 1. The first-order chi connectivity index (χ1) is 9.52. The number of rotatable bonds is 2. The SMILES string of the molecule is Cc1nc(Cc2nc3cc(F)ccc3c(=O)[nH]2)sc1C. The van der Waals surface area contributed by atoms with Crippen LogP contribution in [0.2, 0.25) is 0 Å². The van der Waals surface area contributed by atoms with E-state index in [2.05, 4.69) is 15.0 Å². The van der Waals surface area contributed by atoms with Crippen LogP contribution in [0.15, 0.2) is 23.0 Å². The van der Waals surface area contributed by atoms with E-state index in [1.807, 2.05) is 13.8 Å². The van der Waals surface area contributed by atoms with Gasteiger partial charge in [-0.3, -0.25) is 4.79 Å². The molecule has 2 heterocycles. The van der Waals surface area contributed by atoms with Crippen molar-refractivity contribution >= 4 is 22.2 Å². The Morgan fingerprint density at radius 1 is 1.30 bits per heavy atom. The van der Waals surface area contributed by atoms with Crippen molar-refractivity contribution in [3.05, 3.63) is 55.8 Å². The van der Waals surface area contributed by atoms with Gasteiger partial charge in [0.15, 0.2) is 0 Å². The molecule has 1 N–H and O–H groups in total. The number of fused-ring (bicyclic) bond motifs is 1. The Morgan fingerprint density at radius 2 is 2.10 bits per heavy atom. The van der Waals surface area contributed by atoms with E-state index in [0.29, 0.717) is 23.1 Å². The van der Waals surface area contributed by atoms with Crippen LogP contribution in [0.4, 0.5) is 4.39 Å². The number of aromatic nitrogens is 3. The van der Waals surface area contributed by atoms with Crippen LogP contribution in [0.5, 0.6) is 0 Å². The van der Waals surface area contributed by atoms with E-state index in [4.69, 9.17) is 0 Å². The fourth-order valence-electron chi connectivity index (χ4n) is 2.00. The molecule has 102 valence electrons. The summed E-state index contributed by atoms with van der Waals surface area (Å²) in [5, 5.41) is 1.28. The minimum Gasteiger partial charge on any atom is -0.310 e. The Morgan fingerprint density at radius 3 is 2.80 bits per heavy atom. The molecule has 0 unspecified atom stereocenters. The zero-order valence-corrected chi connectivity index (χ0v) is 11.8. The molecule has 0 atom stereocenters. The molecule has 2 aromatic heterocycles. The molecule has 0 aliphatic heterocycles. The summed E-state index contributed by atoms with van der Waals surface area (Å²) < 4.78 is 13.2. The fraction of sp³-hybridized carbons (Fsp3) is 0.214. The molecule has 0 saturated carbocycles. The number of aryl methyl sites for hydroxylation is 2. The number of hydrogen-bond acceptors (Lipinski definition) is 4. The van der Waals surface area contributed by atoms with Gasteiger partial charge in [-0.1, -0.05) is 0 Å². The molecule has 20 heavy (non-hydrogen) atoms. The molecule has 6 heteroatoms. The van der Waals surface area contributed by atoms with Crippen LogP contribution in [0.3, 0.4) is 0 Å². The maximum absolute atomic E-state index is 13.2. The number of hydrogen-bond donors (Lipinski definition) is 1. The summed E-state index contributed by atoms with van der Waals surface area (Å²) in [5.74, 6) is 0.101. The van der Waals surface area contributed by atoms with Crippen LogP contribution in [-0.4, -0.2) is 15.0 Å². The van der Waals surface area contributed by atoms with Gasteiger partial charge in [0.05, 0.1) is 23.0 Å². The normalized spacial score (nSPS) is 11.2. The average molecular weight is 289 g/mol. The van der Waals surface area contributed by atoms with E-state index < -0.39 is 5.82 Å². The van der Waals surface area contributed by atoms with E-state index in [1.54, 1.807) is 11.3 Å². The van der Waals surface area contributed by atoms with Gasteiger partial charge in [0, 0.05) is 10.9 Å². The standard InChI is InChI=1S/C14H12FN3OS/c1-7-8(2)20-13(16-7)6-12-17-11-5-9(15)3-4-10(11)14(19)18-12/h3-5H,6H2,1-2H3,(H,17,18,19). The van der Waals surface area contributed by atoms with Gasteiger partial charge in [0.1, 0.15) is 16.6 Å². The number of nitrogens with one attached hydrogen (secondary N) is 1. The number of H-pyrrole nitrogens is 1. The third-order valence-corrected chi connectivity index (χ3v) is 4.18. The zero-order valence-electron chi connectivity index (χ0n) is 11.0. The van der Waals surface area contributed by atoms with Gasteiger partial charge < -0.3 is 4.98 Å². The van der Waals surface area contributed by atoms with Crippen molar-refractivity contribution in [3.8, 4) is 0 Å². The third kappa shape index (κ3) is 2.34. The van der Waals surface area contributed by atoms with Gasteiger partial charge in [0.25, 0.3) is 5.56 Å². The third-order valence-electron chi connectivity index (χ3n) is 3.11. The Bertz CT molecular complexity index is 834. The van der Waals surface area contributed by atoms with Crippen molar-refractivity contribution < 1.29 is 4.39 Å². The molecule has 0 aliphatic carbocycles. The molecular formula is C14H12FN3OS. The van der Waals surface area contributed by atoms with Crippen molar-refractivity contribution in [2.75, 3.05) is 0 Å². The van der Waals surface area contributed by atoms with Gasteiger partial charge >= 0.3 is 0 Å². The first-order valence-electron chi connectivity index (χ1n) is 6.14. The molecule has 3 rings (SSSR count). The van der Waals surface area contributed by atoms with E-state index in [-0.39, 0.29) is 5.56 Å². The van der Waals surface area contributed by atoms with Gasteiger partial charge in [-0.05, 0) is 26.0 Å². The van der Waals surface area contributed by atoms with E-state index in [9.17, 15) is 9.18 Å². The van der Waals surface area contributed by atoms with Crippen molar-refractivity contribution in [1.29, 1.82) is 0 Å². The predicted molar refractivity (Wildman–Crippen MR) is 76.7 cm³/mol. The molecule has 0 radical (unpaired) electrons. The van der Waals surface area contributed by atoms with Gasteiger partial charge in [-0.25, -0.2) is 14.4 Å². The van der Waals surface area contributed by atoms with E-state index >= 15 is 0 Å². The van der Waals surface area contributed by atoms with Crippen LogP contribution in [0.25, 0.3) is 10.9 Å². The fourth-order valence-corrected chi connectivity index (χ4v) is 2.94. The highest BCUT2D eigenvalue weighted by Crippen LogP contribution is 2.18. The van der Waals surface area contributed by atoms with Gasteiger partial charge in [0.2, 0.25) is 0 Å². The lowest BCUT2D eigenvalue weighted by atomic mass is 10.2. The van der Waals surface area contributed by atoms with Crippen molar-refractivity contribution in [3.63, 3.8) is 0 Å². The first kappa shape index (κ1) is 12.9. The highest BCUT2D eigenvalue weighted by Gasteiger charge is 2.09. The monoisotopic (exact) mass is 289 g/mol. The Labute approximate surface area is 118 Å². The van der Waals surface area contributed by atoms with Crippen molar-refractivity contribution in [2.45, 2.75) is 20.3 Å². The maximum atomic E-state index is 13.2. The maximum Gasteiger partial charge on any atom is 0.258 e. The summed E-state index contributed by atoms with van der Waals surface area (Å²) in [6.07, 6.45) is 0.445. The van der Waals surface area contributed by atoms with Crippen LogP contribution in [0.1, 0.15) is 21.4 Å². The number of nitrogens with zero attached hydrogens (tertiary/aromatic N) is 2. The number of thiazole rings is 1. The molecule has 0 aliphatic rings. The van der Waals surface area contributed by atoms with Crippen LogP contribution in [-0.2, 0) is 6.42 Å². The minimum atomic E-state index is -0.400. The summed E-state index contributed by atoms with van der Waals surface area (Å²) in [5.41, 5.74) is 1.10. The second-order valence-electron chi connectivity index (χ2n) is 4.60. The molecular weight excluding hydrogens is 277 g/mol. The molecule has 0 saturated heterocycles. The number of aromatic amines is 1. The lowest BCUT2D eigenvalue weighted by Crippen LogP contribution is -2.12. The van der Waals surface area contributed by atoms with Crippen molar-refractivity contribution in [1.82, 2.24) is 15.0 Å². The van der Waals surface area contributed by atoms with Crippen LogP contribution < -0.4 is 5.56 Å². The summed E-state index contributed by atoms with van der Waals surface area (Å²) in [7, 11) is 0. The molecule has 0 bridgehead atoms. The zero-order chi connectivity index (χ0) is 14.3. The molecule has 4 nitrogen and oxygen atoms in total. The Hall–Kier alpha value is -2.08. The molecule has 0 fully saturated rings. The lowest BCUT2D eigenvalue weighted by molar-refractivity contribution is 0.629. The second kappa shape index (κ2) is 4.79. The summed E-state index contributed by atoms with van der Waals surface area (Å²) in [6.45, 7) is 3.95. The Kier molecular flexibility index (Phi) is 3.10. The van der Waals surface area contributed by atoms with Crippen LogP contribution >= 0.6 is 11.3 Å². The Balaban J connectivity index is 2.06. The van der Waals surface area contributed by atoms with E-state index in [0.717, 1.165) is 15.6 Å². The number of halogens is 1.